The molecule has 2 aromatic heterocycles. The predicted molar refractivity (Wildman–Crippen MR) is 189 cm³/mol. The van der Waals surface area contributed by atoms with Gasteiger partial charge in [-0.1, -0.05) is 127 Å². The molecule has 7 aromatic carbocycles. The summed E-state index contributed by atoms with van der Waals surface area (Å²) >= 11 is 1.86. The van der Waals surface area contributed by atoms with Gasteiger partial charge < -0.3 is 0 Å². The Hall–Kier alpha value is -5.71. The van der Waals surface area contributed by atoms with Crippen molar-refractivity contribution in [3.05, 3.63) is 152 Å². The maximum absolute atomic E-state index is 4.98. The molecule has 9 aromatic rings. The van der Waals surface area contributed by atoms with E-state index in [1.807, 2.05) is 72.0 Å². The Bertz CT molecular complexity index is 2480. The number of thiophene rings is 1. The van der Waals surface area contributed by atoms with Gasteiger partial charge >= 0.3 is 0 Å². The lowest BCUT2D eigenvalue weighted by Gasteiger charge is -2.10. The smallest absolute Gasteiger partial charge is 0.164 e. The predicted octanol–water partition coefficient (Wildman–Crippen LogP) is 11.2. The molecule has 0 saturated carbocycles. The van der Waals surface area contributed by atoms with Gasteiger partial charge in [0, 0.05) is 36.9 Å². The van der Waals surface area contributed by atoms with Gasteiger partial charge in [-0.25, -0.2) is 15.0 Å². The molecule has 0 aliphatic heterocycles. The average molecular weight is 592 g/mol. The fraction of sp³-hybridized carbons (Fsp3) is 0. The summed E-state index contributed by atoms with van der Waals surface area (Å²) in [5.41, 5.74) is 5.23. The molecule has 0 unspecified atom stereocenters. The lowest BCUT2D eigenvalue weighted by Crippen LogP contribution is -2.00. The molecule has 0 aliphatic carbocycles. The van der Waals surface area contributed by atoms with Gasteiger partial charge in [0.15, 0.2) is 17.5 Å². The van der Waals surface area contributed by atoms with Crippen molar-refractivity contribution in [2.45, 2.75) is 0 Å². The minimum atomic E-state index is 0.657. The van der Waals surface area contributed by atoms with E-state index < -0.39 is 0 Å². The quantitative estimate of drug-likeness (QED) is 0.191. The Kier molecular flexibility index (Phi) is 6.00. The van der Waals surface area contributed by atoms with Crippen LogP contribution in [0.1, 0.15) is 0 Å². The highest BCUT2D eigenvalue weighted by molar-refractivity contribution is 7.26. The van der Waals surface area contributed by atoms with Gasteiger partial charge in [-0.2, -0.15) is 0 Å². The van der Waals surface area contributed by atoms with Crippen molar-refractivity contribution >= 4 is 53.1 Å². The fourth-order valence-electron chi connectivity index (χ4n) is 6.33. The summed E-state index contributed by atoms with van der Waals surface area (Å²) in [5, 5.41) is 7.69. The zero-order chi connectivity index (χ0) is 29.7. The monoisotopic (exact) mass is 591 g/mol. The van der Waals surface area contributed by atoms with Crippen molar-refractivity contribution in [3.8, 4) is 45.3 Å². The number of aromatic nitrogens is 3. The molecule has 0 saturated heterocycles. The van der Waals surface area contributed by atoms with E-state index in [-0.39, 0.29) is 0 Å². The SMILES string of the molecule is c1ccc(-c2nc(-c3ccccc3)nc(-c3cccc(-c4cccc5sc6cc7ccc8ccccc8c7cc6c45)c3)n2)cc1. The molecule has 0 spiro atoms. The molecule has 3 nitrogen and oxygen atoms in total. The fourth-order valence-corrected chi connectivity index (χ4v) is 7.49. The van der Waals surface area contributed by atoms with Crippen LogP contribution in [0.4, 0.5) is 0 Å². The van der Waals surface area contributed by atoms with Gasteiger partial charge in [0.25, 0.3) is 0 Å². The van der Waals surface area contributed by atoms with Gasteiger partial charge in [0.1, 0.15) is 0 Å². The number of benzene rings is 7. The van der Waals surface area contributed by atoms with Gasteiger partial charge in [-0.15, -0.1) is 11.3 Å². The molecule has 0 amide bonds. The first-order valence-electron chi connectivity index (χ1n) is 15.0. The number of fused-ring (bicyclic) bond motifs is 6. The molecule has 0 atom stereocenters. The molecule has 2 heterocycles. The van der Waals surface area contributed by atoms with Crippen LogP contribution >= 0.6 is 11.3 Å². The summed E-state index contributed by atoms with van der Waals surface area (Å²) in [6.45, 7) is 0. The molecule has 0 N–H and O–H groups in total. The van der Waals surface area contributed by atoms with Crippen LogP contribution in [0.5, 0.6) is 0 Å². The second kappa shape index (κ2) is 10.5. The van der Waals surface area contributed by atoms with Crippen LogP contribution < -0.4 is 0 Å². The Morgan fingerprint density at radius 2 is 0.956 bits per heavy atom. The minimum Gasteiger partial charge on any atom is -0.208 e. The first-order valence-corrected chi connectivity index (χ1v) is 15.8. The highest BCUT2D eigenvalue weighted by Crippen LogP contribution is 2.43. The molecule has 9 rings (SSSR count). The topological polar surface area (TPSA) is 38.7 Å². The van der Waals surface area contributed by atoms with Gasteiger partial charge in [0.2, 0.25) is 0 Å². The standard InChI is InChI=1S/C41H25N3S/c1-3-12-27(13-4-1)39-42-40(28-14-5-2-6-15-28)44-41(43-39)31-17-9-16-29(23-31)33-19-10-20-36-38(33)35-25-34-30(24-37(35)45-36)22-21-26-11-7-8-18-32(26)34/h1-25H. The summed E-state index contributed by atoms with van der Waals surface area (Å²) in [5.74, 6) is 1.98. The zero-order valence-corrected chi connectivity index (χ0v) is 25.0. The van der Waals surface area contributed by atoms with E-state index >= 15 is 0 Å². The van der Waals surface area contributed by atoms with Crippen LogP contribution in [0.2, 0.25) is 0 Å². The first kappa shape index (κ1) is 25.8. The lowest BCUT2D eigenvalue weighted by molar-refractivity contribution is 1.07. The summed E-state index contributed by atoms with van der Waals surface area (Å²) in [7, 11) is 0. The molecule has 4 heteroatoms. The summed E-state index contributed by atoms with van der Waals surface area (Å²) in [6.07, 6.45) is 0. The van der Waals surface area contributed by atoms with E-state index in [9.17, 15) is 0 Å². The maximum atomic E-state index is 4.98. The molecule has 210 valence electrons. The molecule has 0 radical (unpaired) electrons. The Morgan fingerprint density at radius 1 is 0.356 bits per heavy atom. The van der Waals surface area contributed by atoms with E-state index in [2.05, 4.69) is 91.0 Å². The van der Waals surface area contributed by atoms with E-state index in [0.717, 1.165) is 22.3 Å². The van der Waals surface area contributed by atoms with Crippen LogP contribution in [0.15, 0.2) is 152 Å². The minimum absolute atomic E-state index is 0.657. The van der Waals surface area contributed by atoms with Crippen molar-refractivity contribution in [2.75, 3.05) is 0 Å². The first-order chi connectivity index (χ1) is 22.3. The van der Waals surface area contributed by atoms with Crippen molar-refractivity contribution < 1.29 is 0 Å². The maximum Gasteiger partial charge on any atom is 0.164 e. The molecule has 0 fully saturated rings. The van der Waals surface area contributed by atoms with Crippen molar-refractivity contribution in [1.29, 1.82) is 0 Å². The van der Waals surface area contributed by atoms with Crippen LogP contribution in [-0.4, -0.2) is 15.0 Å². The van der Waals surface area contributed by atoms with Crippen LogP contribution in [0.25, 0.3) is 87.0 Å². The summed E-state index contributed by atoms with van der Waals surface area (Å²) in [6, 6.07) is 53.3. The highest BCUT2D eigenvalue weighted by Gasteiger charge is 2.16. The van der Waals surface area contributed by atoms with Gasteiger partial charge in [0.05, 0.1) is 0 Å². The van der Waals surface area contributed by atoms with E-state index in [0.29, 0.717) is 17.5 Å². The molecule has 0 bridgehead atoms. The number of hydrogen-bond acceptors (Lipinski definition) is 4. The van der Waals surface area contributed by atoms with E-state index in [1.165, 1.54) is 47.3 Å². The Labute approximate surface area is 264 Å². The number of hydrogen-bond donors (Lipinski definition) is 0. The molecule has 45 heavy (non-hydrogen) atoms. The Balaban J connectivity index is 1.24. The van der Waals surface area contributed by atoms with Crippen molar-refractivity contribution in [2.24, 2.45) is 0 Å². The second-order valence-electron chi connectivity index (χ2n) is 11.3. The molecular weight excluding hydrogens is 567 g/mol. The largest absolute Gasteiger partial charge is 0.208 e. The molecule has 0 aliphatic rings. The third kappa shape index (κ3) is 4.46. The van der Waals surface area contributed by atoms with Crippen LogP contribution in [-0.2, 0) is 0 Å². The normalized spacial score (nSPS) is 11.6. The Morgan fingerprint density at radius 3 is 1.71 bits per heavy atom. The molecular formula is C41H25N3S. The van der Waals surface area contributed by atoms with Crippen molar-refractivity contribution in [1.82, 2.24) is 15.0 Å². The van der Waals surface area contributed by atoms with E-state index in [1.54, 1.807) is 0 Å². The lowest BCUT2D eigenvalue weighted by atomic mass is 9.95. The van der Waals surface area contributed by atoms with E-state index in [4.69, 9.17) is 15.0 Å². The second-order valence-corrected chi connectivity index (χ2v) is 12.3. The average Bonchev–Trinajstić information content (AvgIpc) is 3.49. The number of rotatable bonds is 4. The zero-order valence-electron chi connectivity index (χ0n) is 24.2. The van der Waals surface area contributed by atoms with Crippen LogP contribution in [0.3, 0.4) is 0 Å². The third-order valence-corrected chi connectivity index (χ3v) is 9.61. The number of nitrogens with zero attached hydrogens (tertiary/aromatic N) is 3. The van der Waals surface area contributed by atoms with Crippen LogP contribution in [0, 0.1) is 0 Å². The summed E-state index contributed by atoms with van der Waals surface area (Å²) < 4.78 is 2.58. The van der Waals surface area contributed by atoms with Gasteiger partial charge in [-0.05, 0) is 56.9 Å². The highest BCUT2D eigenvalue weighted by atomic mass is 32.1. The van der Waals surface area contributed by atoms with Gasteiger partial charge in [-0.3, -0.25) is 0 Å². The summed E-state index contributed by atoms with van der Waals surface area (Å²) in [4.78, 5) is 14.8. The third-order valence-electron chi connectivity index (χ3n) is 8.49. The van der Waals surface area contributed by atoms with Crippen molar-refractivity contribution in [3.63, 3.8) is 0 Å².